The summed E-state index contributed by atoms with van der Waals surface area (Å²) in [6.45, 7) is 13.8. The summed E-state index contributed by atoms with van der Waals surface area (Å²) in [6.07, 6.45) is 0.856. The van der Waals surface area contributed by atoms with Crippen molar-refractivity contribution in [3.63, 3.8) is 0 Å². The number of benzene rings is 1. The molecule has 0 aliphatic heterocycles. The molecule has 4 heteroatoms. The quantitative estimate of drug-likeness (QED) is 0.490. The van der Waals surface area contributed by atoms with Crippen molar-refractivity contribution < 1.29 is 13.6 Å². The van der Waals surface area contributed by atoms with E-state index in [1.165, 1.54) is 0 Å². The maximum absolute atomic E-state index is 6.20. The molecule has 0 radical (unpaired) electrons. The summed E-state index contributed by atoms with van der Waals surface area (Å²) in [5, 5.41) is 1.13. The van der Waals surface area contributed by atoms with Gasteiger partial charge in [0.05, 0.1) is 6.61 Å². The van der Waals surface area contributed by atoms with Gasteiger partial charge in [0.1, 0.15) is 5.73 Å². The molecule has 0 bridgehead atoms. The Hall–Kier alpha value is -0.943. The molecule has 3 nitrogen and oxygen atoms in total. The third kappa shape index (κ3) is 4.78. The largest absolute Gasteiger partial charge is 0.402 e. The van der Waals surface area contributed by atoms with Gasteiger partial charge >= 0.3 is 8.56 Å². The van der Waals surface area contributed by atoms with Crippen LogP contribution in [-0.4, -0.2) is 34.1 Å². The van der Waals surface area contributed by atoms with E-state index >= 15 is 0 Å². The zero-order valence-electron chi connectivity index (χ0n) is 13.7. The Morgan fingerprint density at radius 1 is 1.10 bits per heavy atom. The number of ether oxygens (including phenoxy) is 1. The molecule has 1 aromatic carbocycles. The third-order valence-corrected chi connectivity index (χ3v) is 7.22. The van der Waals surface area contributed by atoms with Gasteiger partial charge in [-0.1, -0.05) is 49.4 Å². The first-order valence-electron chi connectivity index (χ1n) is 7.70. The number of hydrogen-bond acceptors (Lipinski definition) is 3. The fourth-order valence-electron chi connectivity index (χ4n) is 2.42. The molecule has 0 amide bonds. The van der Waals surface area contributed by atoms with Crippen LogP contribution in [0.4, 0.5) is 0 Å². The number of hydrogen-bond donors (Lipinski definition) is 0. The lowest BCUT2D eigenvalue weighted by atomic mass is 10.4. The summed E-state index contributed by atoms with van der Waals surface area (Å²) in [6, 6.07) is 10.2. The Bertz CT molecular complexity index is 413. The van der Waals surface area contributed by atoms with Gasteiger partial charge < -0.3 is 13.6 Å². The molecule has 0 spiro atoms. The van der Waals surface area contributed by atoms with Crippen molar-refractivity contribution in [2.75, 3.05) is 19.8 Å². The highest BCUT2D eigenvalue weighted by atomic mass is 28.4. The minimum atomic E-state index is -2.63. The predicted octanol–water partition coefficient (Wildman–Crippen LogP) is 3.32. The van der Waals surface area contributed by atoms with Crippen LogP contribution < -0.4 is 5.19 Å². The minimum Gasteiger partial charge on any atom is -0.390 e. The molecular weight excluding hydrogens is 280 g/mol. The molecule has 1 aromatic rings. The number of rotatable bonds is 10. The lowest BCUT2D eigenvalue weighted by molar-refractivity contribution is 0.0625. The Morgan fingerprint density at radius 2 is 1.67 bits per heavy atom. The minimum absolute atomic E-state index is 0.0449. The van der Waals surface area contributed by atoms with E-state index < -0.39 is 8.56 Å². The van der Waals surface area contributed by atoms with Gasteiger partial charge in [-0.05, 0) is 32.4 Å². The van der Waals surface area contributed by atoms with E-state index in [9.17, 15) is 0 Å². The fourth-order valence-corrected chi connectivity index (χ4v) is 5.93. The van der Waals surface area contributed by atoms with Crippen LogP contribution in [0.2, 0.25) is 0 Å². The van der Waals surface area contributed by atoms with Crippen molar-refractivity contribution in [3.05, 3.63) is 42.5 Å². The monoisotopic (exact) mass is 308 g/mol. The summed E-state index contributed by atoms with van der Waals surface area (Å²) in [7, 11) is -2.63. The van der Waals surface area contributed by atoms with Crippen molar-refractivity contribution in [3.8, 4) is 0 Å². The topological polar surface area (TPSA) is 27.7 Å². The van der Waals surface area contributed by atoms with Crippen molar-refractivity contribution in [2.45, 2.75) is 39.8 Å². The lowest BCUT2D eigenvalue weighted by Crippen LogP contribution is -2.63. The molecular formula is C17H28O3Si. The Morgan fingerprint density at radius 3 is 2.10 bits per heavy atom. The normalized spacial score (nSPS) is 13.1. The van der Waals surface area contributed by atoms with Crippen LogP contribution in [-0.2, 0) is 13.6 Å². The van der Waals surface area contributed by atoms with Crippen LogP contribution >= 0.6 is 0 Å². The van der Waals surface area contributed by atoms with Crippen molar-refractivity contribution in [1.29, 1.82) is 0 Å². The molecule has 0 saturated heterocycles. The third-order valence-electron chi connectivity index (χ3n) is 3.22. The van der Waals surface area contributed by atoms with Crippen molar-refractivity contribution in [1.82, 2.24) is 0 Å². The summed E-state index contributed by atoms with van der Waals surface area (Å²) < 4.78 is 18.5. The molecule has 118 valence electrons. The van der Waals surface area contributed by atoms with E-state index in [1.807, 2.05) is 39.0 Å². The second-order valence-corrected chi connectivity index (χ2v) is 8.20. The van der Waals surface area contributed by atoms with Gasteiger partial charge in [0.25, 0.3) is 0 Å². The summed E-state index contributed by atoms with van der Waals surface area (Å²) >= 11 is 0. The highest BCUT2D eigenvalue weighted by molar-refractivity contribution is 6.82. The Balaban J connectivity index is 3.16. The van der Waals surface area contributed by atoms with Crippen LogP contribution in [0.5, 0.6) is 0 Å². The van der Waals surface area contributed by atoms with Gasteiger partial charge in [0, 0.05) is 13.2 Å². The van der Waals surface area contributed by atoms with E-state index in [2.05, 4.69) is 25.6 Å². The van der Waals surface area contributed by atoms with Crippen LogP contribution in [0, 0.1) is 0 Å². The molecule has 0 N–H and O–H groups in total. The molecule has 1 atom stereocenters. The molecule has 0 aliphatic rings. The van der Waals surface area contributed by atoms with Crippen LogP contribution in [0.3, 0.4) is 0 Å². The first-order chi connectivity index (χ1) is 10.1. The molecule has 0 saturated carbocycles. The highest BCUT2D eigenvalue weighted by Gasteiger charge is 2.48. The van der Waals surface area contributed by atoms with Crippen LogP contribution in [0.25, 0.3) is 0 Å². The highest BCUT2D eigenvalue weighted by Crippen LogP contribution is 2.20. The molecule has 1 rings (SSSR count). The van der Waals surface area contributed by atoms with Gasteiger partial charge in [-0.3, -0.25) is 0 Å². The second-order valence-electron chi connectivity index (χ2n) is 5.06. The molecule has 0 aromatic heterocycles. The smallest absolute Gasteiger partial charge is 0.390 e. The zero-order valence-corrected chi connectivity index (χ0v) is 14.7. The standard InChI is InChI=1S/C17H28O3Si/c1-6-17(18-14-15(4)5)21(19-7-2,20-8-3)16-12-10-9-11-13-16/h9-13,17H,4,6-8,14H2,1-3,5H3. The van der Waals surface area contributed by atoms with Crippen molar-refractivity contribution in [2.24, 2.45) is 0 Å². The zero-order chi connectivity index (χ0) is 15.7. The van der Waals surface area contributed by atoms with E-state index in [4.69, 9.17) is 13.6 Å². The van der Waals surface area contributed by atoms with Crippen LogP contribution in [0.1, 0.15) is 34.1 Å². The SMILES string of the molecule is C=C(C)COC(CC)[Si](OCC)(OCC)c1ccccc1. The average Bonchev–Trinajstić information content (AvgIpc) is 2.48. The summed E-state index contributed by atoms with van der Waals surface area (Å²) in [5.41, 5.74) is 0.967. The Kier molecular flexibility index (Phi) is 7.89. The van der Waals surface area contributed by atoms with E-state index in [-0.39, 0.29) is 5.73 Å². The second kappa shape index (κ2) is 9.15. The van der Waals surface area contributed by atoms with Crippen LogP contribution in [0.15, 0.2) is 42.5 Å². The van der Waals surface area contributed by atoms with E-state index in [0.717, 1.165) is 17.2 Å². The maximum Gasteiger partial charge on any atom is 0.402 e. The molecule has 21 heavy (non-hydrogen) atoms. The summed E-state index contributed by atoms with van der Waals surface area (Å²) in [5.74, 6) is 0. The van der Waals surface area contributed by atoms with Gasteiger partial charge in [-0.15, -0.1) is 0 Å². The van der Waals surface area contributed by atoms with E-state index in [1.54, 1.807) is 0 Å². The van der Waals surface area contributed by atoms with Crippen molar-refractivity contribution >= 4 is 13.7 Å². The molecule has 0 aliphatic carbocycles. The Labute approximate surface area is 130 Å². The van der Waals surface area contributed by atoms with Gasteiger partial charge in [0.2, 0.25) is 0 Å². The molecule has 0 fully saturated rings. The first-order valence-corrected chi connectivity index (χ1v) is 9.59. The predicted molar refractivity (Wildman–Crippen MR) is 89.9 cm³/mol. The fraction of sp³-hybridized carbons (Fsp3) is 0.529. The van der Waals surface area contributed by atoms with Gasteiger partial charge in [0.15, 0.2) is 0 Å². The van der Waals surface area contributed by atoms with Gasteiger partial charge in [-0.2, -0.15) is 0 Å². The lowest BCUT2D eigenvalue weighted by Gasteiger charge is -2.36. The first kappa shape index (κ1) is 18.1. The average molecular weight is 308 g/mol. The maximum atomic E-state index is 6.20. The summed E-state index contributed by atoms with van der Waals surface area (Å²) in [4.78, 5) is 0. The molecule has 1 unspecified atom stereocenters. The van der Waals surface area contributed by atoms with E-state index in [0.29, 0.717) is 19.8 Å². The molecule has 0 heterocycles. The van der Waals surface area contributed by atoms with Gasteiger partial charge in [-0.25, -0.2) is 0 Å².